The van der Waals surface area contributed by atoms with E-state index in [0.717, 1.165) is 36.8 Å². The molecular weight excluding hydrogens is 368 g/mol. The van der Waals surface area contributed by atoms with Crippen molar-refractivity contribution in [1.29, 1.82) is 0 Å². The van der Waals surface area contributed by atoms with Gasteiger partial charge in [-0.3, -0.25) is 4.99 Å². The zero-order valence-corrected chi connectivity index (χ0v) is 17.4. The second-order valence-corrected chi connectivity index (χ2v) is 6.95. The molecule has 1 atom stereocenters. The summed E-state index contributed by atoms with van der Waals surface area (Å²) < 4.78 is 15.7. The zero-order valence-electron chi connectivity index (χ0n) is 17.4. The van der Waals surface area contributed by atoms with Gasteiger partial charge in [0.05, 0.1) is 13.7 Å². The van der Waals surface area contributed by atoms with Crippen molar-refractivity contribution in [2.75, 3.05) is 47.6 Å². The maximum Gasteiger partial charge on any atom is 0.213 e. The number of hydrogen-bond donors (Lipinski definition) is 1. The van der Waals surface area contributed by atoms with Crippen molar-refractivity contribution in [1.82, 2.24) is 15.2 Å². The van der Waals surface area contributed by atoms with Crippen LogP contribution in [-0.2, 0) is 11.3 Å². The molecule has 156 valence electrons. The summed E-state index contributed by atoms with van der Waals surface area (Å²) in [4.78, 5) is 11.1. The maximum atomic E-state index is 5.50. The lowest BCUT2D eigenvalue weighted by Gasteiger charge is -2.22. The first kappa shape index (κ1) is 20.9. The highest BCUT2D eigenvalue weighted by Gasteiger charge is 2.26. The number of benzene rings is 1. The van der Waals surface area contributed by atoms with Crippen molar-refractivity contribution < 1.29 is 14.2 Å². The Hall–Kier alpha value is -2.80. The van der Waals surface area contributed by atoms with E-state index in [9.17, 15) is 0 Å². The molecule has 0 bridgehead atoms. The van der Waals surface area contributed by atoms with Gasteiger partial charge in [0.15, 0.2) is 5.96 Å². The Morgan fingerprint density at radius 1 is 1.17 bits per heavy atom. The zero-order chi connectivity index (χ0) is 20.5. The van der Waals surface area contributed by atoms with E-state index >= 15 is 0 Å². The van der Waals surface area contributed by atoms with Crippen molar-refractivity contribution in [3.8, 4) is 11.6 Å². The molecule has 29 heavy (non-hydrogen) atoms. The molecule has 2 heterocycles. The molecule has 1 aliphatic heterocycles. The fraction of sp³-hybridized carbons (Fsp3) is 0.455. The van der Waals surface area contributed by atoms with Gasteiger partial charge in [-0.1, -0.05) is 18.2 Å². The molecule has 2 aromatic rings. The normalized spacial score (nSPS) is 16.7. The highest BCUT2D eigenvalue weighted by molar-refractivity contribution is 5.80. The molecule has 7 heteroatoms. The van der Waals surface area contributed by atoms with Crippen LogP contribution < -0.4 is 14.8 Å². The number of rotatable bonds is 8. The van der Waals surface area contributed by atoms with Gasteiger partial charge < -0.3 is 24.4 Å². The lowest BCUT2D eigenvalue weighted by atomic mass is 9.98. The van der Waals surface area contributed by atoms with E-state index in [1.165, 1.54) is 5.56 Å². The minimum Gasteiger partial charge on any atom is -0.497 e. The molecule has 1 fully saturated rings. The van der Waals surface area contributed by atoms with Crippen LogP contribution in [0, 0.1) is 0 Å². The first-order valence-electron chi connectivity index (χ1n) is 9.89. The Labute approximate surface area is 172 Å². The van der Waals surface area contributed by atoms with Crippen molar-refractivity contribution in [2.45, 2.75) is 18.9 Å². The van der Waals surface area contributed by atoms with Gasteiger partial charge in [0.1, 0.15) is 12.4 Å². The molecule has 1 N–H and O–H groups in total. The number of hydrogen-bond acceptors (Lipinski definition) is 5. The van der Waals surface area contributed by atoms with Crippen LogP contribution in [0.4, 0.5) is 0 Å². The SMILES string of the molecule is CN=C(NCc1ccc(OCCOC)nc1)N1CCC(c2ccc(OC)cc2)C1. The van der Waals surface area contributed by atoms with E-state index in [0.29, 0.717) is 31.6 Å². The molecule has 7 nitrogen and oxygen atoms in total. The van der Waals surface area contributed by atoms with E-state index < -0.39 is 0 Å². The van der Waals surface area contributed by atoms with E-state index in [4.69, 9.17) is 14.2 Å². The first-order valence-corrected chi connectivity index (χ1v) is 9.89. The first-order chi connectivity index (χ1) is 14.2. The van der Waals surface area contributed by atoms with Gasteiger partial charge in [0, 0.05) is 52.0 Å². The Kier molecular flexibility index (Phi) is 7.69. The number of aromatic nitrogens is 1. The third-order valence-corrected chi connectivity index (χ3v) is 5.07. The van der Waals surface area contributed by atoms with Crippen LogP contribution in [0.15, 0.2) is 47.6 Å². The van der Waals surface area contributed by atoms with Gasteiger partial charge in [-0.15, -0.1) is 0 Å². The Morgan fingerprint density at radius 2 is 2.00 bits per heavy atom. The summed E-state index contributed by atoms with van der Waals surface area (Å²) >= 11 is 0. The highest BCUT2D eigenvalue weighted by atomic mass is 16.5. The summed E-state index contributed by atoms with van der Waals surface area (Å²) in [6.45, 7) is 3.66. The highest BCUT2D eigenvalue weighted by Crippen LogP contribution is 2.28. The monoisotopic (exact) mass is 398 g/mol. The predicted octanol–water partition coefficient (Wildman–Crippen LogP) is 2.68. The van der Waals surface area contributed by atoms with E-state index in [2.05, 4.69) is 32.3 Å². The Balaban J connectivity index is 1.50. The summed E-state index contributed by atoms with van der Waals surface area (Å²) in [5.74, 6) is 2.92. The quantitative estimate of drug-likeness (QED) is 0.419. The second-order valence-electron chi connectivity index (χ2n) is 6.95. The van der Waals surface area contributed by atoms with Gasteiger partial charge in [0.25, 0.3) is 0 Å². The lowest BCUT2D eigenvalue weighted by molar-refractivity contribution is 0.143. The lowest BCUT2D eigenvalue weighted by Crippen LogP contribution is -2.39. The van der Waals surface area contributed by atoms with Gasteiger partial charge in [-0.05, 0) is 29.7 Å². The third-order valence-electron chi connectivity index (χ3n) is 5.07. The summed E-state index contributed by atoms with van der Waals surface area (Å²) in [6, 6.07) is 12.3. The Bertz CT molecular complexity index is 778. The average Bonchev–Trinajstić information content (AvgIpc) is 3.25. The Morgan fingerprint density at radius 3 is 2.66 bits per heavy atom. The largest absolute Gasteiger partial charge is 0.497 e. The van der Waals surface area contributed by atoms with Crippen molar-refractivity contribution in [3.63, 3.8) is 0 Å². The number of nitrogens with one attached hydrogen (secondary N) is 1. The molecule has 1 aromatic carbocycles. The fourth-order valence-corrected chi connectivity index (χ4v) is 3.44. The smallest absolute Gasteiger partial charge is 0.213 e. The summed E-state index contributed by atoms with van der Waals surface area (Å²) in [7, 11) is 5.17. The summed E-state index contributed by atoms with van der Waals surface area (Å²) in [5, 5.41) is 3.44. The molecular formula is C22H30N4O3. The van der Waals surface area contributed by atoms with Crippen LogP contribution in [0.3, 0.4) is 0 Å². The number of nitrogens with zero attached hydrogens (tertiary/aromatic N) is 3. The number of pyridine rings is 1. The van der Waals surface area contributed by atoms with Crippen molar-refractivity contribution >= 4 is 5.96 Å². The minimum absolute atomic E-state index is 0.498. The summed E-state index contributed by atoms with van der Waals surface area (Å²) in [5.41, 5.74) is 2.42. The predicted molar refractivity (Wildman–Crippen MR) is 114 cm³/mol. The maximum absolute atomic E-state index is 5.50. The minimum atomic E-state index is 0.498. The third kappa shape index (κ3) is 5.84. The van der Waals surface area contributed by atoms with Crippen LogP contribution in [0.2, 0.25) is 0 Å². The van der Waals surface area contributed by atoms with Crippen molar-refractivity contribution in [2.24, 2.45) is 4.99 Å². The van der Waals surface area contributed by atoms with Crippen LogP contribution in [0.1, 0.15) is 23.5 Å². The molecule has 3 rings (SSSR count). The van der Waals surface area contributed by atoms with Crippen LogP contribution in [-0.4, -0.2) is 63.4 Å². The second kappa shape index (κ2) is 10.7. The molecule has 0 spiro atoms. The molecule has 1 aliphatic rings. The van der Waals surface area contributed by atoms with Gasteiger partial charge >= 0.3 is 0 Å². The molecule has 1 saturated heterocycles. The molecule has 0 amide bonds. The van der Waals surface area contributed by atoms with E-state index in [1.807, 2.05) is 37.5 Å². The standard InChI is InChI=1S/C22H30N4O3/c1-23-22(25-15-17-4-9-21(24-14-17)29-13-12-27-2)26-11-10-19(16-26)18-5-7-20(28-3)8-6-18/h4-9,14,19H,10-13,15-16H2,1-3H3,(H,23,25). The molecule has 1 aromatic heterocycles. The number of likely N-dealkylation sites (tertiary alicyclic amines) is 1. The summed E-state index contributed by atoms with van der Waals surface area (Å²) in [6.07, 6.45) is 2.94. The number of aliphatic imine (C=N–C) groups is 1. The van der Waals surface area contributed by atoms with Crippen LogP contribution in [0.5, 0.6) is 11.6 Å². The number of ether oxygens (including phenoxy) is 3. The molecule has 1 unspecified atom stereocenters. The van der Waals surface area contributed by atoms with Crippen LogP contribution >= 0.6 is 0 Å². The van der Waals surface area contributed by atoms with Gasteiger partial charge in [-0.2, -0.15) is 0 Å². The topological polar surface area (TPSA) is 68.2 Å². The van der Waals surface area contributed by atoms with Crippen molar-refractivity contribution in [3.05, 3.63) is 53.7 Å². The van der Waals surface area contributed by atoms with E-state index in [-0.39, 0.29) is 0 Å². The number of guanidine groups is 1. The number of methoxy groups -OCH3 is 2. The van der Waals surface area contributed by atoms with Crippen LogP contribution in [0.25, 0.3) is 0 Å². The van der Waals surface area contributed by atoms with E-state index in [1.54, 1.807) is 14.2 Å². The van der Waals surface area contributed by atoms with Gasteiger partial charge in [-0.25, -0.2) is 4.98 Å². The fourth-order valence-electron chi connectivity index (χ4n) is 3.44. The van der Waals surface area contributed by atoms with Gasteiger partial charge in [0.2, 0.25) is 5.88 Å². The molecule has 0 radical (unpaired) electrons. The average molecular weight is 399 g/mol. The molecule has 0 saturated carbocycles. The molecule has 0 aliphatic carbocycles.